The summed E-state index contributed by atoms with van der Waals surface area (Å²) in [6.07, 6.45) is 0.586. The number of nitrogens with zero attached hydrogens (tertiary/aromatic N) is 2. The molecule has 0 unspecified atom stereocenters. The van der Waals surface area contributed by atoms with Crippen LogP contribution in [-0.4, -0.2) is 33.8 Å². The maximum Gasteiger partial charge on any atom is 0.419 e. The maximum atomic E-state index is 13.4. The van der Waals surface area contributed by atoms with Gasteiger partial charge in [-0.1, -0.05) is 12.1 Å². The standard InChI is InChI=1S/C26H19F4N5O3/c1-31-25(37)22-14-33-24(35-22)21-13-18(9-10-32-21)38-17-4-2-3-15(11-17)5-8-23(36)34-16-6-7-20(27)19(12-16)26(28,29)30/h2-14H,1H3,(H,31,37)(H,33,35)(H,34,36)/b8-5+. The number of pyridine rings is 1. The Kier molecular flexibility index (Phi) is 7.51. The average Bonchev–Trinajstić information content (AvgIpc) is 3.38. The highest BCUT2D eigenvalue weighted by Crippen LogP contribution is 2.33. The van der Waals surface area contributed by atoms with E-state index in [2.05, 4.69) is 25.6 Å². The molecule has 194 valence electrons. The van der Waals surface area contributed by atoms with Crippen molar-refractivity contribution in [3.05, 3.63) is 95.7 Å². The molecular weight excluding hydrogens is 506 g/mol. The van der Waals surface area contributed by atoms with E-state index in [1.165, 1.54) is 25.5 Å². The highest BCUT2D eigenvalue weighted by atomic mass is 19.4. The van der Waals surface area contributed by atoms with E-state index in [9.17, 15) is 27.2 Å². The minimum atomic E-state index is -4.89. The van der Waals surface area contributed by atoms with Gasteiger partial charge in [0, 0.05) is 31.1 Å². The quantitative estimate of drug-likeness (QED) is 0.220. The second kappa shape index (κ2) is 10.9. The number of rotatable bonds is 7. The lowest BCUT2D eigenvalue weighted by Crippen LogP contribution is -2.17. The second-order valence-corrected chi connectivity index (χ2v) is 7.79. The predicted molar refractivity (Wildman–Crippen MR) is 131 cm³/mol. The SMILES string of the molecule is CNC(=O)c1cnc(-c2cc(Oc3cccc(/C=C/C(=O)Nc4ccc(F)c(C(F)(F)F)c4)c3)ccn2)[nH]1. The lowest BCUT2D eigenvalue weighted by molar-refractivity contribution is -0.140. The molecule has 0 spiro atoms. The molecule has 4 rings (SSSR count). The molecule has 0 bridgehead atoms. The van der Waals surface area contributed by atoms with Crippen LogP contribution in [0.1, 0.15) is 21.6 Å². The van der Waals surface area contributed by atoms with Crippen LogP contribution in [0.3, 0.4) is 0 Å². The van der Waals surface area contributed by atoms with Crippen LogP contribution in [0.4, 0.5) is 23.2 Å². The first-order valence-corrected chi connectivity index (χ1v) is 11.0. The molecule has 3 N–H and O–H groups in total. The molecule has 0 radical (unpaired) electrons. The molecule has 12 heteroatoms. The molecule has 8 nitrogen and oxygen atoms in total. The van der Waals surface area contributed by atoms with Crippen LogP contribution >= 0.6 is 0 Å². The number of H-pyrrole nitrogens is 1. The fourth-order valence-corrected chi connectivity index (χ4v) is 3.30. The first-order valence-electron chi connectivity index (χ1n) is 11.0. The summed E-state index contributed by atoms with van der Waals surface area (Å²) in [7, 11) is 1.50. The molecule has 0 fully saturated rings. The largest absolute Gasteiger partial charge is 0.457 e. The Balaban J connectivity index is 1.43. The third-order valence-electron chi connectivity index (χ3n) is 5.08. The molecular formula is C26H19F4N5O3. The number of amides is 2. The summed E-state index contributed by atoms with van der Waals surface area (Å²) in [6, 6.07) is 12.2. The number of ether oxygens (including phenoxy) is 1. The fraction of sp³-hybridized carbons (Fsp3) is 0.0769. The summed E-state index contributed by atoms with van der Waals surface area (Å²) >= 11 is 0. The molecule has 0 atom stereocenters. The normalized spacial score (nSPS) is 11.4. The molecule has 38 heavy (non-hydrogen) atoms. The average molecular weight is 525 g/mol. The summed E-state index contributed by atoms with van der Waals surface area (Å²) in [5.74, 6) is -1.21. The minimum Gasteiger partial charge on any atom is -0.457 e. The van der Waals surface area contributed by atoms with Crippen LogP contribution in [0.5, 0.6) is 11.5 Å². The Morgan fingerprint density at radius 3 is 2.58 bits per heavy atom. The van der Waals surface area contributed by atoms with Crippen molar-refractivity contribution >= 4 is 23.6 Å². The molecule has 0 aliphatic heterocycles. The van der Waals surface area contributed by atoms with Gasteiger partial charge in [-0.25, -0.2) is 9.37 Å². The number of hydrogen-bond acceptors (Lipinski definition) is 5. The van der Waals surface area contributed by atoms with Gasteiger partial charge in [-0.05, 0) is 48.0 Å². The van der Waals surface area contributed by atoms with Gasteiger partial charge < -0.3 is 20.4 Å². The second-order valence-electron chi connectivity index (χ2n) is 7.79. The van der Waals surface area contributed by atoms with E-state index >= 15 is 0 Å². The van der Waals surface area contributed by atoms with Crippen molar-refractivity contribution in [1.82, 2.24) is 20.3 Å². The number of benzene rings is 2. The molecule has 0 aliphatic carbocycles. The first-order chi connectivity index (χ1) is 18.1. The van der Waals surface area contributed by atoms with Crippen molar-refractivity contribution in [2.45, 2.75) is 6.18 Å². The summed E-state index contributed by atoms with van der Waals surface area (Å²) in [5.41, 5.74) is -0.372. The van der Waals surface area contributed by atoms with Gasteiger partial charge in [0.15, 0.2) is 5.82 Å². The summed E-state index contributed by atoms with van der Waals surface area (Å²) in [6.45, 7) is 0. The molecule has 2 heterocycles. The number of anilines is 1. The van der Waals surface area contributed by atoms with Gasteiger partial charge in [0.2, 0.25) is 5.91 Å². The fourth-order valence-electron chi connectivity index (χ4n) is 3.30. The summed E-state index contributed by atoms with van der Waals surface area (Å²) in [5, 5.41) is 4.77. The number of aromatic nitrogens is 3. The number of carbonyl (C=O) groups is 2. The van der Waals surface area contributed by atoms with Gasteiger partial charge >= 0.3 is 6.18 Å². The third-order valence-corrected chi connectivity index (χ3v) is 5.08. The van der Waals surface area contributed by atoms with E-state index in [0.29, 0.717) is 40.7 Å². The smallest absolute Gasteiger partial charge is 0.419 e. The molecule has 2 aromatic heterocycles. The van der Waals surface area contributed by atoms with Gasteiger partial charge in [0.1, 0.15) is 28.7 Å². The number of carbonyl (C=O) groups excluding carboxylic acids is 2. The summed E-state index contributed by atoms with van der Waals surface area (Å²) in [4.78, 5) is 35.2. The van der Waals surface area contributed by atoms with E-state index in [0.717, 1.165) is 12.1 Å². The van der Waals surface area contributed by atoms with Crippen molar-refractivity contribution < 1.29 is 31.9 Å². The van der Waals surface area contributed by atoms with E-state index in [1.807, 2.05) is 0 Å². The van der Waals surface area contributed by atoms with Gasteiger partial charge in [-0.15, -0.1) is 0 Å². The lowest BCUT2D eigenvalue weighted by Gasteiger charge is -2.10. The van der Waals surface area contributed by atoms with Crippen LogP contribution in [-0.2, 0) is 11.0 Å². The zero-order valence-corrected chi connectivity index (χ0v) is 19.6. The Labute approximate surface area is 213 Å². The van der Waals surface area contributed by atoms with E-state index < -0.39 is 23.5 Å². The molecule has 2 amide bonds. The van der Waals surface area contributed by atoms with Gasteiger partial charge in [-0.3, -0.25) is 14.6 Å². The van der Waals surface area contributed by atoms with Gasteiger partial charge in [0.25, 0.3) is 5.91 Å². The molecule has 0 saturated heterocycles. The topological polar surface area (TPSA) is 109 Å². The molecule has 2 aromatic carbocycles. The monoisotopic (exact) mass is 525 g/mol. The minimum absolute atomic E-state index is 0.196. The third kappa shape index (κ3) is 6.40. The Bertz CT molecular complexity index is 1510. The molecule has 0 saturated carbocycles. The zero-order chi connectivity index (χ0) is 27.3. The van der Waals surface area contributed by atoms with Gasteiger partial charge in [-0.2, -0.15) is 13.2 Å². The Morgan fingerprint density at radius 2 is 1.82 bits per heavy atom. The number of hydrogen-bond donors (Lipinski definition) is 3. The van der Waals surface area contributed by atoms with Crippen molar-refractivity contribution in [3.8, 4) is 23.0 Å². The number of alkyl halides is 3. The number of imidazole rings is 1. The number of nitrogens with one attached hydrogen (secondary N) is 3. The van der Waals surface area contributed by atoms with Crippen molar-refractivity contribution in [3.63, 3.8) is 0 Å². The first kappa shape index (κ1) is 26.1. The number of halogens is 4. The molecule has 4 aromatic rings. The lowest BCUT2D eigenvalue weighted by atomic mass is 10.1. The van der Waals surface area contributed by atoms with Crippen LogP contribution in [0.15, 0.2) is 73.1 Å². The highest BCUT2D eigenvalue weighted by Gasteiger charge is 2.34. The van der Waals surface area contributed by atoms with Crippen LogP contribution in [0.25, 0.3) is 17.6 Å². The highest BCUT2D eigenvalue weighted by molar-refractivity contribution is 6.02. The summed E-state index contributed by atoms with van der Waals surface area (Å²) < 4.78 is 58.0. The molecule has 0 aliphatic rings. The van der Waals surface area contributed by atoms with E-state index in [4.69, 9.17) is 4.74 Å². The van der Waals surface area contributed by atoms with Crippen LogP contribution in [0.2, 0.25) is 0 Å². The van der Waals surface area contributed by atoms with Crippen molar-refractivity contribution in [2.75, 3.05) is 12.4 Å². The zero-order valence-electron chi connectivity index (χ0n) is 19.6. The van der Waals surface area contributed by atoms with E-state index in [1.54, 1.807) is 36.4 Å². The van der Waals surface area contributed by atoms with Crippen molar-refractivity contribution in [1.29, 1.82) is 0 Å². The number of aromatic amines is 1. The van der Waals surface area contributed by atoms with Crippen molar-refractivity contribution in [2.24, 2.45) is 0 Å². The Morgan fingerprint density at radius 1 is 1.03 bits per heavy atom. The predicted octanol–water partition coefficient (Wildman–Crippen LogP) is 5.43. The van der Waals surface area contributed by atoms with Crippen LogP contribution in [0, 0.1) is 5.82 Å². The van der Waals surface area contributed by atoms with Gasteiger partial charge in [0.05, 0.1) is 11.8 Å². The van der Waals surface area contributed by atoms with Crippen LogP contribution < -0.4 is 15.4 Å². The maximum absolute atomic E-state index is 13.4. The van der Waals surface area contributed by atoms with E-state index in [-0.39, 0.29) is 17.3 Å². The Hall–Kier alpha value is -5.00.